The molecule has 24 heavy (non-hydrogen) atoms. The third-order valence-electron chi connectivity index (χ3n) is 5.25. The lowest BCUT2D eigenvalue weighted by atomic mass is 9.58. The van der Waals surface area contributed by atoms with E-state index in [-0.39, 0.29) is 12.5 Å². The van der Waals surface area contributed by atoms with Crippen molar-refractivity contribution in [1.29, 1.82) is 0 Å². The topological polar surface area (TPSA) is 101 Å². The summed E-state index contributed by atoms with van der Waals surface area (Å²) < 4.78 is 60.9. The summed E-state index contributed by atoms with van der Waals surface area (Å²) in [4.78, 5) is 12.4. The van der Waals surface area contributed by atoms with Crippen molar-refractivity contribution in [3.05, 3.63) is 0 Å². The number of aliphatic hydroxyl groups excluding tert-OH is 1. The van der Waals surface area contributed by atoms with Gasteiger partial charge in [0.25, 0.3) is 0 Å². The molecule has 2 saturated carbocycles. The molecule has 2 bridgehead atoms. The van der Waals surface area contributed by atoms with Gasteiger partial charge in [-0.15, -0.1) is 0 Å². The minimum Gasteiger partial charge on any atom is -0.458 e. The number of fused-ring (bicyclic) bond motifs is 2. The zero-order valence-corrected chi connectivity index (χ0v) is 14.2. The number of carbonyl (C=O) groups excluding carboxylic acids is 1. The van der Waals surface area contributed by atoms with Crippen LogP contribution < -0.4 is 0 Å². The third-order valence-corrected chi connectivity index (χ3v) is 6.12. The summed E-state index contributed by atoms with van der Waals surface area (Å²) in [5.41, 5.74) is -0.851. The summed E-state index contributed by atoms with van der Waals surface area (Å²) in [6.45, 7) is -1.60. The van der Waals surface area contributed by atoms with Crippen molar-refractivity contribution >= 4 is 16.1 Å². The molecule has 2 rings (SSSR count). The molecule has 0 saturated heterocycles. The van der Waals surface area contributed by atoms with Gasteiger partial charge in [0.05, 0.1) is 5.41 Å². The lowest BCUT2D eigenvalue weighted by molar-refractivity contribution is -0.169. The molecule has 0 amide bonds. The Kier molecular flexibility index (Phi) is 5.87. The highest BCUT2D eigenvalue weighted by Crippen LogP contribution is 2.52. The molecular formula is C15H24F2O6S. The van der Waals surface area contributed by atoms with Crippen LogP contribution in [0.3, 0.4) is 0 Å². The summed E-state index contributed by atoms with van der Waals surface area (Å²) in [5.74, 6) is -0.249. The molecule has 0 aromatic heterocycles. The van der Waals surface area contributed by atoms with Gasteiger partial charge in [0.1, 0.15) is 0 Å². The number of rotatable bonds is 7. The molecule has 2 aliphatic rings. The summed E-state index contributed by atoms with van der Waals surface area (Å²) in [5, 5.41) is 4.47. The van der Waals surface area contributed by atoms with E-state index >= 15 is 0 Å². The molecule has 0 aliphatic heterocycles. The van der Waals surface area contributed by atoms with Gasteiger partial charge in [-0.2, -0.15) is 17.2 Å². The van der Waals surface area contributed by atoms with Crippen molar-refractivity contribution in [3.8, 4) is 0 Å². The minimum absolute atomic E-state index is 0.0686. The molecule has 2 N–H and O–H groups in total. The Balaban J connectivity index is 2.05. The van der Waals surface area contributed by atoms with Gasteiger partial charge in [-0.25, -0.2) is 0 Å². The van der Waals surface area contributed by atoms with Crippen LogP contribution >= 0.6 is 0 Å². The normalized spacial score (nSPS) is 30.8. The molecule has 0 heterocycles. The van der Waals surface area contributed by atoms with Crippen LogP contribution in [0.25, 0.3) is 0 Å². The van der Waals surface area contributed by atoms with E-state index in [1.807, 2.05) is 0 Å². The summed E-state index contributed by atoms with van der Waals surface area (Å²) in [6, 6.07) is 0. The molecule has 9 heteroatoms. The van der Waals surface area contributed by atoms with Crippen molar-refractivity contribution in [2.75, 3.05) is 13.2 Å². The molecule has 0 aromatic rings. The molecule has 140 valence electrons. The van der Waals surface area contributed by atoms with E-state index in [1.165, 1.54) is 0 Å². The standard InChI is InChI=1S/C15H24F2O6S/c16-15(17,24(20,21)22)10-23-13(19)14-5-1-3-11(8-14)7-12(9-14)4-2-6-18/h11-12,18H,1-10H2,(H,20,21,22). The fourth-order valence-corrected chi connectivity index (χ4v) is 4.43. The Morgan fingerprint density at radius 3 is 2.67 bits per heavy atom. The van der Waals surface area contributed by atoms with Crippen LogP contribution in [-0.4, -0.2) is 42.5 Å². The van der Waals surface area contributed by atoms with Gasteiger partial charge < -0.3 is 9.84 Å². The highest BCUT2D eigenvalue weighted by molar-refractivity contribution is 7.86. The Labute approximate surface area is 140 Å². The first-order chi connectivity index (χ1) is 11.1. The maximum Gasteiger partial charge on any atom is 0.402 e. The lowest BCUT2D eigenvalue weighted by Crippen LogP contribution is -2.45. The molecule has 0 radical (unpaired) electrons. The van der Waals surface area contributed by atoms with Gasteiger partial charge in [-0.3, -0.25) is 9.35 Å². The average molecular weight is 370 g/mol. The van der Waals surface area contributed by atoms with Gasteiger partial charge in [-0.05, 0) is 50.4 Å². The predicted molar refractivity (Wildman–Crippen MR) is 80.9 cm³/mol. The molecule has 2 aliphatic carbocycles. The number of carbonyl (C=O) groups is 1. The average Bonchev–Trinajstić information content (AvgIpc) is 2.49. The Bertz CT molecular complexity index is 564. The smallest absolute Gasteiger partial charge is 0.402 e. The molecular weight excluding hydrogens is 346 g/mol. The first-order valence-electron chi connectivity index (χ1n) is 8.22. The minimum atomic E-state index is -5.61. The van der Waals surface area contributed by atoms with Crippen LogP contribution in [0.5, 0.6) is 0 Å². The monoisotopic (exact) mass is 370 g/mol. The Morgan fingerprint density at radius 1 is 1.33 bits per heavy atom. The van der Waals surface area contributed by atoms with Crippen LogP contribution in [-0.2, 0) is 19.6 Å². The fourth-order valence-electron chi connectivity index (χ4n) is 4.23. The first-order valence-corrected chi connectivity index (χ1v) is 9.66. The maximum atomic E-state index is 13.3. The Hall–Kier alpha value is -0.800. The van der Waals surface area contributed by atoms with Crippen LogP contribution in [0, 0.1) is 17.3 Å². The van der Waals surface area contributed by atoms with Gasteiger partial charge in [0.2, 0.25) is 0 Å². The summed E-state index contributed by atoms with van der Waals surface area (Å²) in [6.07, 6.45) is 5.75. The predicted octanol–water partition coefficient (Wildman–Crippen LogP) is 2.37. The number of esters is 1. The molecule has 0 spiro atoms. The van der Waals surface area contributed by atoms with Crippen LogP contribution in [0.15, 0.2) is 0 Å². The molecule has 0 aromatic carbocycles. The molecule has 6 nitrogen and oxygen atoms in total. The number of hydrogen-bond acceptors (Lipinski definition) is 5. The molecule has 3 atom stereocenters. The van der Waals surface area contributed by atoms with E-state index < -0.39 is 33.4 Å². The van der Waals surface area contributed by atoms with Crippen molar-refractivity contribution in [1.82, 2.24) is 0 Å². The van der Waals surface area contributed by atoms with E-state index in [0.29, 0.717) is 31.6 Å². The van der Waals surface area contributed by atoms with Crippen LogP contribution in [0.2, 0.25) is 0 Å². The second-order valence-electron chi connectivity index (χ2n) is 7.10. The Morgan fingerprint density at radius 2 is 2.04 bits per heavy atom. The van der Waals surface area contributed by atoms with E-state index in [0.717, 1.165) is 25.7 Å². The highest BCUT2D eigenvalue weighted by atomic mass is 32.2. The number of aliphatic hydroxyl groups is 1. The number of ether oxygens (including phenoxy) is 1. The summed E-state index contributed by atoms with van der Waals surface area (Å²) in [7, 11) is -5.61. The van der Waals surface area contributed by atoms with Gasteiger partial charge in [0.15, 0.2) is 6.61 Å². The summed E-state index contributed by atoms with van der Waals surface area (Å²) >= 11 is 0. The van der Waals surface area contributed by atoms with Gasteiger partial charge in [-0.1, -0.05) is 12.8 Å². The zero-order chi connectivity index (χ0) is 18.0. The number of alkyl halides is 2. The van der Waals surface area contributed by atoms with Crippen LogP contribution in [0.1, 0.15) is 51.4 Å². The van der Waals surface area contributed by atoms with Crippen molar-refractivity contribution < 1.29 is 36.4 Å². The second kappa shape index (κ2) is 7.21. The maximum absolute atomic E-state index is 13.3. The highest BCUT2D eigenvalue weighted by Gasteiger charge is 2.51. The van der Waals surface area contributed by atoms with E-state index in [4.69, 9.17) is 9.66 Å². The largest absolute Gasteiger partial charge is 0.458 e. The van der Waals surface area contributed by atoms with Crippen molar-refractivity contribution in [2.24, 2.45) is 17.3 Å². The van der Waals surface area contributed by atoms with E-state index in [9.17, 15) is 22.0 Å². The second-order valence-corrected chi connectivity index (χ2v) is 8.65. The van der Waals surface area contributed by atoms with Crippen molar-refractivity contribution in [3.63, 3.8) is 0 Å². The van der Waals surface area contributed by atoms with Crippen molar-refractivity contribution in [2.45, 2.75) is 56.6 Å². The van der Waals surface area contributed by atoms with E-state index in [1.54, 1.807) is 0 Å². The van der Waals surface area contributed by atoms with E-state index in [2.05, 4.69) is 4.74 Å². The number of hydrogen-bond donors (Lipinski definition) is 2. The third kappa shape index (κ3) is 4.23. The fraction of sp³-hybridized carbons (Fsp3) is 0.933. The first kappa shape index (κ1) is 19.5. The quantitative estimate of drug-likeness (QED) is 0.527. The zero-order valence-electron chi connectivity index (χ0n) is 13.4. The van der Waals surface area contributed by atoms with Gasteiger partial charge in [0, 0.05) is 6.61 Å². The van der Waals surface area contributed by atoms with Crippen LogP contribution in [0.4, 0.5) is 8.78 Å². The molecule has 3 unspecified atom stereocenters. The number of halogens is 2. The SMILES string of the molecule is O=C(OCC(F)(F)S(=O)(=O)O)C12CCCC(CC(CCCO)C1)C2. The van der Waals surface area contributed by atoms with Gasteiger partial charge >= 0.3 is 21.3 Å². The lowest BCUT2D eigenvalue weighted by Gasteiger charge is -2.46. The molecule has 2 fully saturated rings.